The number of hydrogen-bond donors (Lipinski definition) is 1. The van der Waals surface area contributed by atoms with Gasteiger partial charge in [-0.15, -0.1) is 0 Å². The molecule has 3 rings (SSSR count). The van der Waals surface area contributed by atoms with Gasteiger partial charge in [0.05, 0.1) is 18.7 Å². The van der Waals surface area contributed by atoms with Crippen molar-refractivity contribution in [1.29, 1.82) is 0 Å². The molecule has 8 heteroatoms. The molecule has 1 spiro atoms. The molecule has 2 aliphatic rings. The summed E-state index contributed by atoms with van der Waals surface area (Å²) in [6, 6.07) is 5.95. The summed E-state index contributed by atoms with van der Waals surface area (Å²) in [5, 5.41) is 0. The van der Waals surface area contributed by atoms with Gasteiger partial charge in [-0.1, -0.05) is 26.0 Å². The van der Waals surface area contributed by atoms with E-state index < -0.39 is 10.0 Å². The summed E-state index contributed by atoms with van der Waals surface area (Å²) in [5.41, 5.74) is 0.562. The lowest BCUT2D eigenvalue weighted by Gasteiger charge is -2.54. The lowest BCUT2D eigenvalue weighted by atomic mass is 9.66. The minimum Gasteiger partial charge on any atom is -0.338 e. The molecule has 0 aliphatic carbocycles. The topological polar surface area (TPSA) is 69.7 Å². The molecule has 6 nitrogen and oxygen atoms in total. The maximum Gasteiger partial charge on any atom is 0.227 e. The number of nitrogens with zero attached hydrogens (tertiary/aromatic N) is 2. The molecule has 1 aromatic carbocycles. The minimum atomic E-state index is -3.37. The van der Waals surface area contributed by atoms with Crippen LogP contribution in [-0.2, 0) is 21.2 Å². The highest BCUT2D eigenvalue weighted by Gasteiger charge is 2.47. The first-order valence-corrected chi connectivity index (χ1v) is 13.2. The largest absolute Gasteiger partial charge is 0.338 e. The molecule has 0 radical (unpaired) electrons. The molecule has 174 valence electrons. The monoisotopic (exact) mass is 453 g/mol. The van der Waals surface area contributed by atoms with Crippen molar-refractivity contribution in [3.05, 3.63) is 35.6 Å². The number of piperidine rings is 2. The van der Waals surface area contributed by atoms with Crippen LogP contribution in [0.15, 0.2) is 24.3 Å². The highest BCUT2D eigenvalue weighted by atomic mass is 32.2. The van der Waals surface area contributed by atoms with Crippen molar-refractivity contribution in [1.82, 2.24) is 14.5 Å². The molecule has 2 saturated heterocycles. The number of amides is 1. The average Bonchev–Trinajstić information content (AvgIpc) is 2.67. The number of benzene rings is 1. The molecule has 1 atom stereocenters. The lowest BCUT2D eigenvalue weighted by Crippen LogP contribution is -2.61. The molecule has 1 unspecified atom stereocenters. The maximum absolute atomic E-state index is 13.6. The Morgan fingerprint density at radius 1 is 1.23 bits per heavy atom. The van der Waals surface area contributed by atoms with Gasteiger partial charge in [0.2, 0.25) is 15.9 Å². The van der Waals surface area contributed by atoms with Crippen LogP contribution in [0.25, 0.3) is 0 Å². The first kappa shape index (κ1) is 24.1. The molecule has 31 heavy (non-hydrogen) atoms. The van der Waals surface area contributed by atoms with Crippen LogP contribution in [-0.4, -0.2) is 69.1 Å². The fourth-order valence-corrected chi connectivity index (χ4v) is 5.77. The van der Waals surface area contributed by atoms with E-state index in [4.69, 9.17) is 0 Å². The molecule has 0 saturated carbocycles. The van der Waals surface area contributed by atoms with E-state index in [1.807, 2.05) is 4.90 Å². The predicted octanol–water partition coefficient (Wildman–Crippen LogP) is 2.65. The number of carbonyl (C=O) groups excluding carboxylic acids is 1. The first-order valence-electron chi connectivity index (χ1n) is 11.3. The number of rotatable bonds is 7. The van der Waals surface area contributed by atoms with Crippen LogP contribution in [0.5, 0.6) is 0 Å². The summed E-state index contributed by atoms with van der Waals surface area (Å²) in [6.45, 7) is 8.29. The molecule has 2 fully saturated rings. The summed E-state index contributed by atoms with van der Waals surface area (Å²) in [5.74, 6) is 0.190. The highest BCUT2D eigenvalue weighted by Crippen LogP contribution is 2.44. The summed E-state index contributed by atoms with van der Waals surface area (Å²) in [4.78, 5) is 17.6. The zero-order chi connectivity index (χ0) is 22.6. The number of sulfonamides is 1. The Morgan fingerprint density at radius 3 is 2.55 bits per heavy atom. The Kier molecular flexibility index (Phi) is 7.76. The van der Waals surface area contributed by atoms with Crippen LogP contribution < -0.4 is 4.72 Å². The van der Waals surface area contributed by atoms with Crippen LogP contribution >= 0.6 is 0 Å². The van der Waals surface area contributed by atoms with Gasteiger partial charge in [-0.05, 0) is 67.8 Å². The maximum atomic E-state index is 13.6. The van der Waals surface area contributed by atoms with Crippen molar-refractivity contribution in [2.45, 2.75) is 52.0 Å². The summed E-state index contributed by atoms with van der Waals surface area (Å²) in [6.07, 6.45) is 5.12. The summed E-state index contributed by atoms with van der Waals surface area (Å²) in [7, 11) is -3.37. The van der Waals surface area contributed by atoms with E-state index >= 15 is 0 Å². The standard InChI is InChI=1S/C23H36FN3O3S/c1-18(2)17-26-12-9-23(10-13-26)8-5-11-27(21(23)16-25-31(3,29)30)22(28)15-19-6-4-7-20(24)14-19/h4,6-7,14,18,21,25H,5,8-13,15-17H2,1-3H3. The number of carbonyl (C=O) groups is 1. The van der Waals surface area contributed by atoms with Gasteiger partial charge in [-0.25, -0.2) is 17.5 Å². The van der Waals surface area contributed by atoms with E-state index in [9.17, 15) is 17.6 Å². The zero-order valence-electron chi connectivity index (χ0n) is 18.9. The predicted molar refractivity (Wildman–Crippen MR) is 121 cm³/mol. The van der Waals surface area contributed by atoms with Crippen molar-refractivity contribution in [2.24, 2.45) is 11.3 Å². The third-order valence-electron chi connectivity index (χ3n) is 6.74. The lowest BCUT2D eigenvalue weighted by molar-refractivity contribution is -0.141. The van der Waals surface area contributed by atoms with Crippen LogP contribution in [0.2, 0.25) is 0 Å². The van der Waals surface area contributed by atoms with Crippen LogP contribution in [0.4, 0.5) is 4.39 Å². The van der Waals surface area contributed by atoms with Gasteiger partial charge in [0.1, 0.15) is 5.82 Å². The molecular formula is C23H36FN3O3S. The van der Waals surface area contributed by atoms with E-state index in [1.54, 1.807) is 12.1 Å². The molecule has 2 aliphatic heterocycles. The smallest absolute Gasteiger partial charge is 0.227 e. The molecule has 2 heterocycles. The average molecular weight is 454 g/mol. The zero-order valence-corrected chi connectivity index (χ0v) is 19.8. The van der Waals surface area contributed by atoms with E-state index in [2.05, 4.69) is 23.5 Å². The Labute approximate surface area is 186 Å². The van der Waals surface area contributed by atoms with Crippen LogP contribution in [0.3, 0.4) is 0 Å². The molecule has 0 bridgehead atoms. The van der Waals surface area contributed by atoms with Gasteiger partial charge in [0, 0.05) is 19.6 Å². The number of hydrogen-bond acceptors (Lipinski definition) is 4. The van der Waals surface area contributed by atoms with Crippen molar-refractivity contribution >= 4 is 15.9 Å². The second-order valence-electron chi connectivity index (χ2n) is 9.69. The van der Waals surface area contributed by atoms with Gasteiger partial charge in [-0.3, -0.25) is 4.79 Å². The molecule has 1 N–H and O–H groups in total. The first-order chi connectivity index (χ1) is 14.6. The third-order valence-corrected chi connectivity index (χ3v) is 7.43. The van der Waals surface area contributed by atoms with Crippen molar-refractivity contribution < 1.29 is 17.6 Å². The van der Waals surface area contributed by atoms with Gasteiger partial charge in [0.25, 0.3) is 0 Å². The second kappa shape index (κ2) is 9.96. The van der Waals surface area contributed by atoms with Crippen molar-refractivity contribution in [3.8, 4) is 0 Å². The molecule has 0 aromatic heterocycles. The highest BCUT2D eigenvalue weighted by molar-refractivity contribution is 7.88. The van der Waals surface area contributed by atoms with Crippen LogP contribution in [0, 0.1) is 17.2 Å². The fourth-order valence-electron chi connectivity index (χ4n) is 5.31. The fraction of sp³-hybridized carbons (Fsp3) is 0.696. The quantitative estimate of drug-likeness (QED) is 0.689. The van der Waals surface area contributed by atoms with Crippen molar-refractivity contribution in [3.63, 3.8) is 0 Å². The van der Waals surface area contributed by atoms with Gasteiger partial charge >= 0.3 is 0 Å². The Bertz CT molecular complexity index is 867. The van der Waals surface area contributed by atoms with Gasteiger partial charge in [0.15, 0.2) is 0 Å². The Balaban J connectivity index is 1.79. The molecule has 1 aromatic rings. The number of likely N-dealkylation sites (tertiary alicyclic amines) is 2. The van der Waals surface area contributed by atoms with Crippen molar-refractivity contribution in [2.75, 3.05) is 39.0 Å². The number of halogens is 1. The normalized spacial score (nSPS) is 22.2. The SMILES string of the molecule is CC(C)CN1CCC2(CCCN(C(=O)Cc3cccc(F)c3)C2CNS(C)(=O)=O)CC1. The van der Waals surface area contributed by atoms with Gasteiger partial charge in [-0.2, -0.15) is 0 Å². The van der Waals surface area contributed by atoms with E-state index in [0.717, 1.165) is 51.6 Å². The van der Waals surface area contributed by atoms with E-state index in [1.165, 1.54) is 12.1 Å². The van der Waals surface area contributed by atoms with E-state index in [-0.39, 0.29) is 36.1 Å². The van der Waals surface area contributed by atoms with Crippen LogP contribution in [0.1, 0.15) is 45.1 Å². The minimum absolute atomic E-state index is 0.0606. The van der Waals surface area contributed by atoms with Gasteiger partial charge < -0.3 is 9.80 Å². The Morgan fingerprint density at radius 2 is 1.94 bits per heavy atom. The number of nitrogens with one attached hydrogen (secondary N) is 1. The summed E-state index contributed by atoms with van der Waals surface area (Å²) < 4.78 is 40.0. The summed E-state index contributed by atoms with van der Waals surface area (Å²) >= 11 is 0. The second-order valence-corrected chi connectivity index (χ2v) is 11.5. The van der Waals surface area contributed by atoms with E-state index in [0.29, 0.717) is 18.0 Å². The Hall–Kier alpha value is -1.51. The molecule has 1 amide bonds. The molecular weight excluding hydrogens is 417 g/mol. The third kappa shape index (κ3) is 6.49.